The van der Waals surface area contributed by atoms with Crippen LogP contribution < -0.4 is 11.2 Å². The second-order valence-electron chi connectivity index (χ2n) is 8.34. The number of rotatable bonds is 4. The van der Waals surface area contributed by atoms with E-state index in [9.17, 15) is 9.59 Å². The lowest BCUT2D eigenvalue weighted by Crippen LogP contribution is -2.38. The van der Waals surface area contributed by atoms with E-state index in [1.54, 1.807) is 7.05 Å². The van der Waals surface area contributed by atoms with Gasteiger partial charge in [0.1, 0.15) is 16.2 Å². The van der Waals surface area contributed by atoms with E-state index < -0.39 is 11.2 Å². The summed E-state index contributed by atoms with van der Waals surface area (Å²) in [6, 6.07) is 11.6. The van der Waals surface area contributed by atoms with E-state index >= 15 is 0 Å². The number of nitrogens with zero attached hydrogens (tertiary/aromatic N) is 5. The molecule has 0 fully saturated rings. The average molecular weight is 438 g/mol. The highest BCUT2D eigenvalue weighted by atomic mass is 32.2. The summed E-state index contributed by atoms with van der Waals surface area (Å²) in [5, 5.41) is 5.00. The van der Waals surface area contributed by atoms with Gasteiger partial charge in [-0.25, -0.2) is 14.8 Å². The highest BCUT2D eigenvalue weighted by Gasteiger charge is 2.24. The highest BCUT2D eigenvalue weighted by molar-refractivity contribution is 7.98. The minimum absolute atomic E-state index is 0.328. The monoisotopic (exact) mass is 437 g/mol. The van der Waals surface area contributed by atoms with E-state index in [0.717, 1.165) is 15.8 Å². The van der Waals surface area contributed by atoms with Crippen LogP contribution in [0.5, 0.6) is 0 Å². The molecule has 0 aliphatic rings. The molecule has 4 aromatic rings. The summed E-state index contributed by atoms with van der Waals surface area (Å²) >= 11 is 1.38. The SMILES string of the molecule is Cn1c(=O)c2c(SCc3cc(-c4ccccc4)on3)nc(C(C)(C)C)nc2n(C)c1=O. The van der Waals surface area contributed by atoms with Gasteiger partial charge in [0, 0.05) is 36.9 Å². The summed E-state index contributed by atoms with van der Waals surface area (Å²) in [5.41, 5.74) is 0.824. The van der Waals surface area contributed by atoms with Crippen molar-refractivity contribution >= 4 is 22.8 Å². The summed E-state index contributed by atoms with van der Waals surface area (Å²) in [6.07, 6.45) is 0. The minimum Gasteiger partial charge on any atom is -0.356 e. The zero-order valence-corrected chi connectivity index (χ0v) is 18.9. The van der Waals surface area contributed by atoms with Gasteiger partial charge in [0.2, 0.25) is 0 Å². The zero-order valence-electron chi connectivity index (χ0n) is 18.0. The maximum Gasteiger partial charge on any atom is 0.332 e. The predicted octanol–water partition coefficient (Wildman–Crippen LogP) is 3.27. The number of benzene rings is 1. The third-order valence-corrected chi connectivity index (χ3v) is 5.92. The first-order valence-corrected chi connectivity index (χ1v) is 10.8. The number of thioether (sulfide) groups is 1. The predicted molar refractivity (Wildman–Crippen MR) is 120 cm³/mol. The topological polar surface area (TPSA) is 95.8 Å². The van der Waals surface area contributed by atoms with E-state index in [1.165, 1.54) is 23.4 Å². The second kappa shape index (κ2) is 7.81. The van der Waals surface area contributed by atoms with Gasteiger partial charge in [-0.1, -0.05) is 68.0 Å². The number of aromatic nitrogens is 5. The number of hydrogen-bond acceptors (Lipinski definition) is 7. The van der Waals surface area contributed by atoms with E-state index in [-0.39, 0.29) is 5.41 Å². The van der Waals surface area contributed by atoms with Crippen molar-refractivity contribution in [3.63, 3.8) is 0 Å². The molecule has 3 aromatic heterocycles. The first kappa shape index (κ1) is 21.0. The Labute approximate surface area is 182 Å². The molecule has 0 amide bonds. The van der Waals surface area contributed by atoms with Gasteiger partial charge in [-0.05, 0) is 0 Å². The lowest BCUT2D eigenvalue weighted by molar-refractivity contribution is 0.426. The standard InChI is InChI=1S/C22H23N5O3S/c1-22(2,3)20-23-17-16(19(28)27(5)21(29)26(17)4)18(24-20)31-12-14-11-15(30-25-14)13-9-7-6-8-10-13/h6-11H,12H2,1-5H3. The molecular formula is C22H23N5O3S. The number of aryl methyl sites for hydroxylation is 1. The molecule has 0 saturated heterocycles. The molecule has 0 atom stereocenters. The van der Waals surface area contributed by atoms with Gasteiger partial charge < -0.3 is 4.52 Å². The molecule has 0 radical (unpaired) electrons. The Morgan fingerprint density at radius 1 is 1.03 bits per heavy atom. The molecule has 0 aliphatic carbocycles. The van der Waals surface area contributed by atoms with Gasteiger partial charge in [-0.15, -0.1) is 0 Å². The van der Waals surface area contributed by atoms with Crippen LogP contribution in [0.3, 0.4) is 0 Å². The van der Waals surface area contributed by atoms with Gasteiger partial charge in [-0.3, -0.25) is 13.9 Å². The van der Waals surface area contributed by atoms with Crippen molar-refractivity contribution in [3.05, 3.63) is 68.8 Å². The van der Waals surface area contributed by atoms with Crippen LogP contribution in [0.4, 0.5) is 0 Å². The van der Waals surface area contributed by atoms with Gasteiger partial charge in [0.05, 0.1) is 5.69 Å². The van der Waals surface area contributed by atoms with Crippen molar-refractivity contribution in [1.29, 1.82) is 0 Å². The number of hydrogen-bond donors (Lipinski definition) is 0. The summed E-state index contributed by atoms with van der Waals surface area (Å²) in [7, 11) is 3.07. The van der Waals surface area contributed by atoms with Crippen LogP contribution in [-0.2, 0) is 25.3 Å². The molecule has 0 saturated carbocycles. The summed E-state index contributed by atoms with van der Waals surface area (Å²) in [4.78, 5) is 34.6. The molecule has 9 heteroatoms. The van der Waals surface area contributed by atoms with Crippen molar-refractivity contribution in [2.45, 2.75) is 37.0 Å². The summed E-state index contributed by atoms with van der Waals surface area (Å²) < 4.78 is 7.94. The fourth-order valence-electron chi connectivity index (χ4n) is 3.13. The molecule has 160 valence electrons. The molecule has 0 spiro atoms. The van der Waals surface area contributed by atoms with Crippen molar-refractivity contribution in [3.8, 4) is 11.3 Å². The van der Waals surface area contributed by atoms with Gasteiger partial charge in [0.15, 0.2) is 11.4 Å². The third kappa shape index (κ3) is 3.93. The van der Waals surface area contributed by atoms with Crippen LogP contribution >= 0.6 is 11.8 Å². The van der Waals surface area contributed by atoms with Crippen LogP contribution in [0.2, 0.25) is 0 Å². The molecular weight excluding hydrogens is 414 g/mol. The largest absolute Gasteiger partial charge is 0.356 e. The Hall–Kier alpha value is -3.20. The lowest BCUT2D eigenvalue weighted by Gasteiger charge is -2.19. The number of fused-ring (bicyclic) bond motifs is 1. The van der Waals surface area contributed by atoms with Crippen LogP contribution in [-0.4, -0.2) is 24.3 Å². The Morgan fingerprint density at radius 3 is 2.42 bits per heavy atom. The maximum atomic E-state index is 12.9. The molecule has 0 aliphatic heterocycles. The summed E-state index contributed by atoms with van der Waals surface area (Å²) in [6.45, 7) is 5.97. The molecule has 0 unspecified atom stereocenters. The molecule has 4 rings (SSSR count). The summed E-state index contributed by atoms with van der Waals surface area (Å²) in [5.74, 6) is 1.70. The Morgan fingerprint density at radius 2 is 1.74 bits per heavy atom. The second-order valence-corrected chi connectivity index (χ2v) is 9.31. The Balaban J connectivity index is 1.77. The normalized spacial score (nSPS) is 11.9. The molecule has 0 N–H and O–H groups in total. The first-order valence-electron chi connectivity index (χ1n) is 9.79. The van der Waals surface area contributed by atoms with Gasteiger partial charge in [0.25, 0.3) is 5.56 Å². The van der Waals surface area contributed by atoms with Gasteiger partial charge in [-0.2, -0.15) is 0 Å². The third-order valence-electron chi connectivity index (χ3n) is 4.91. The van der Waals surface area contributed by atoms with Crippen molar-refractivity contribution in [1.82, 2.24) is 24.3 Å². The molecule has 1 aromatic carbocycles. The fourth-order valence-corrected chi connectivity index (χ4v) is 4.02. The van der Waals surface area contributed by atoms with Crippen LogP contribution in [0.15, 0.2) is 55.5 Å². The quantitative estimate of drug-likeness (QED) is 0.357. The molecule has 8 nitrogen and oxygen atoms in total. The van der Waals surface area contributed by atoms with E-state index in [2.05, 4.69) is 15.1 Å². The molecule has 31 heavy (non-hydrogen) atoms. The Bertz CT molecular complexity index is 1380. The van der Waals surface area contributed by atoms with E-state index in [4.69, 9.17) is 4.52 Å². The van der Waals surface area contributed by atoms with Crippen LogP contribution in [0, 0.1) is 0 Å². The fraction of sp³-hybridized carbons (Fsp3) is 0.318. The minimum atomic E-state index is -0.420. The van der Waals surface area contributed by atoms with Crippen LogP contribution in [0.1, 0.15) is 32.3 Å². The zero-order chi connectivity index (χ0) is 22.3. The van der Waals surface area contributed by atoms with E-state index in [0.29, 0.717) is 33.4 Å². The van der Waals surface area contributed by atoms with Crippen molar-refractivity contribution in [2.75, 3.05) is 0 Å². The van der Waals surface area contributed by atoms with Crippen molar-refractivity contribution in [2.24, 2.45) is 14.1 Å². The average Bonchev–Trinajstić information content (AvgIpc) is 3.23. The smallest absolute Gasteiger partial charge is 0.332 e. The van der Waals surface area contributed by atoms with Crippen molar-refractivity contribution < 1.29 is 4.52 Å². The maximum absolute atomic E-state index is 12.9. The first-order chi connectivity index (χ1) is 14.7. The molecule has 3 heterocycles. The highest BCUT2D eigenvalue weighted by Crippen LogP contribution is 2.30. The molecule has 0 bridgehead atoms. The lowest BCUT2D eigenvalue weighted by atomic mass is 9.96. The van der Waals surface area contributed by atoms with Crippen LogP contribution in [0.25, 0.3) is 22.4 Å². The van der Waals surface area contributed by atoms with Gasteiger partial charge >= 0.3 is 5.69 Å². The Kier molecular flexibility index (Phi) is 5.30. The van der Waals surface area contributed by atoms with E-state index in [1.807, 2.05) is 57.2 Å².